The van der Waals surface area contributed by atoms with E-state index in [1.54, 1.807) is 13.0 Å². The molecule has 156 valence electrons. The van der Waals surface area contributed by atoms with E-state index in [1.807, 2.05) is 0 Å². The van der Waals surface area contributed by atoms with Crippen LogP contribution < -0.4 is 5.14 Å². The van der Waals surface area contributed by atoms with Gasteiger partial charge in [-0.05, 0) is 48.4 Å². The molecule has 0 saturated heterocycles. The molecule has 0 fully saturated rings. The van der Waals surface area contributed by atoms with Crippen LogP contribution in [0.4, 0.5) is 17.6 Å². The molecule has 0 saturated carbocycles. The average molecular weight is 429 g/mol. The van der Waals surface area contributed by atoms with E-state index in [1.165, 1.54) is 48.3 Å². The Morgan fingerprint density at radius 3 is 2.24 bits per heavy atom. The number of hydrogen-bond donors (Lipinski definition) is 1. The summed E-state index contributed by atoms with van der Waals surface area (Å²) in [5.41, 5.74) is -0.0428. The Morgan fingerprint density at radius 1 is 1.17 bits per heavy atom. The zero-order valence-electron chi connectivity index (χ0n) is 15.7. The fourth-order valence-electron chi connectivity index (χ4n) is 2.51. The molecular formula is C19H19F4N3O2S. The molecule has 0 radical (unpaired) electrons. The molecule has 0 spiro atoms. The van der Waals surface area contributed by atoms with Crippen molar-refractivity contribution >= 4 is 15.9 Å². The summed E-state index contributed by atoms with van der Waals surface area (Å²) in [6.45, 7) is 4.66. The molecule has 0 bridgehead atoms. The first-order valence-corrected chi connectivity index (χ1v) is 9.78. The fourth-order valence-corrected chi connectivity index (χ4v) is 3.02. The van der Waals surface area contributed by atoms with Gasteiger partial charge in [0.15, 0.2) is 0 Å². The van der Waals surface area contributed by atoms with Crippen LogP contribution >= 0.6 is 0 Å². The van der Waals surface area contributed by atoms with Gasteiger partial charge in [-0.25, -0.2) is 22.9 Å². The maximum absolute atomic E-state index is 13.5. The SMILES string of the molecule is C=C(N=C(c1ccc(S(N)(=O)=O)cc1)N(C)Cc1ccc(F)c(C)c1)C(F)(F)F. The third kappa shape index (κ3) is 5.88. The van der Waals surface area contributed by atoms with Crippen LogP contribution in [0.3, 0.4) is 0 Å². The van der Waals surface area contributed by atoms with Crippen molar-refractivity contribution in [2.45, 2.75) is 24.5 Å². The van der Waals surface area contributed by atoms with Crippen LogP contribution in [0.25, 0.3) is 0 Å². The topological polar surface area (TPSA) is 75.8 Å². The first kappa shape index (κ1) is 22.6. The number of primary sulfonamides is 1. The normalized spacial score (nSPS) is 12.7. The highest BCUT2D eigenvalue weighted by Gasteiger charge is 2.33. The van der Waals surface area contributed by atoms with Gasteiger partial charge in [0.25, 0.3) is 0 Å². The van der Waals surface area contributed by atoms with Crippen LogP contribution in [0, 0.1) is 12.7 Å². The minimum Gasteiger partial charge on any atom is -0.355 e. The van der Waals surface area contributed by atoms with Gasteiger partial charge in [0.1, 0.15) is 17.3 Å². The van der Waals surface area contributed by atoms with Crippen LogP contribution in [0.5, 0.6) is 0 Å². The van der Waals surface area contributed by atoms with Crippen molar-refractivity contribution in [3.05, 3.63) is 77.2 Å². The van der Waals surface area contributed by atoms with E-state index in [9.17, 15) is 26.0 Å². The van der Waals surface area contributed by atoms with E-state index in [-0.39, 0.29) is 22.8 Å². The minimum absolute atomic E-state index is 0.0877. The molecule has 2 rings (SSSR count). The number of sulfonamides is 1. The number of amidine groups is 1. The number of hydrogen-bond acceptors (Lipinski definition) is 3. The summed E-state index contributed by atoms with van der Waals surface area (Å²) in [6, 6.07) is 9.30. The number of benzene rings is 2. The molecule has 0 aliphatic heterocycles. The predicted octanol–water partition coefficient (Wildman–Crippen LogP) is 3.74. The molecule has 0 aromatic heterocycles. The number of nitrogens with zero attached hydrogens (tertiary/aromatic N) is 2. The van der Waals surface area contributed by atoms with Crippen LogP contribution in [-0.2, 0) is 16.6 Å². The summed E-state index contributed by atoms with van der Waals surface area (Å²) >= 11 is 0. The second-order valence-electron chi connectivity index (χ2n) is 6.39. The lowest BCUT2D eigenvalue weighted by Gasteiger charge is -2.23. The van der Waals surface area contributed by atoms with Crippen LogP contribution in [0.15, 0.2) is 64.6 Å². The Bertz CT molecular complexity index is 1050. The molecule has 0 unspecified atom stereocenters. The van der Waals surface area contributed by atoms with E-state index < -0.39 is 27.7 Å². The molecule has 10 heteroatoms. The quantitative estimate of drug-likeness (QED) is 0.447. The molecule has 0 aliphatic rings. The van der Waals surface area contributed by atoms with E-state index >= 15 is 0 Å². The summed E-state index contributed by atoms with van der Waals surface area (Å²) < 4.78 is 75.2. The van der Waals surface area contributed by atoms with Crippen molar-refractivity contribution in [1.29, 1.82) is 0 Å². The van der Waals surface area contributed by atoms with Crippen molar-refractivity contribution in [1.82, 2.24) is 4.90 Å². The molecule has 2 N–H and O–H groups in total. The average Bonchev–Trinajstić information content (AvgIpc) is 2.61. The Morgan fingerprint density at radius 2 is 1.76 bits per heavy atom. The summed E-state index contributed by atoms with van der Waals surface area (Å²) in [4.78, 5) is 4.85. The lowest BCUT2D eigenvalue weighted by Crippen LogP contribution is -2.28. The van der Waals surface area contributed by atoms with Crippen molar-refractivity contribution in [3.63, 3.8) is 0 Å². The van der Waals surface area contributed by atoms with E-state index in [0.717, 1.165) is 0 Å². The number of rotatable bonds is 5. The number of aryl methyl sites for hydroxylation is 1. The maximum atomic E-state index is 13.5. The Kier molecular flexibility index (Phi) is 6.49. The second kappa shape index (κ2) is 8.34. The number of nitrogens with two attached hydrogens (primary N) is 1. The van der Waals surface area contributed by atoms with Gasteiger partial charge in [0.05, 0.1) is 4.90 Å². The van der Waals surface area contributed by atoms with Crippen molar-refractivity contribution in [2.24, 2.45) is 10.1 Å². The van der Waals surface area contributed by atoms with Gasteiger partial charge in [-0.1, -0.05) is 18.7 Å². The molecule has 0 heterocycles. The van der Waals surface area contributed by atoms with Gasteiger partial charge < -0.3 is 4.90 Å². The van der Waals surface area contributed by atoms with Gasteiger partial charge in [-0.3, -0.25) is 0 Å². The largest absolute Gasteiger partial charge is 0.432 e. The van der Waals surface area contributed by atoms with Gasteiger partial charge in [0.2, 0.25) is 10.0 Å². The third-order valence-electron chi connectivity index (χ3n) is 4.01. The van der Waals surface area contributed by atoms with Crippen LogP contribution in [0.2, 0.25) is 0 Å². The minimum atomic E-state index is -4.74. The van der Waals surface area contributed by atoms with Crippen molar-refractivity contribution in [3.8, 4) is 0 Å². The van der Waals surface area contributed by atoms with Gasteiger partial charge >= 0.3 is 6.18 Å². The standard InChI is InChI=1S/C19H19F4N3O2S/c1-12-10-14(4-9-17(12)20)11-26(3)18(25-13(2)19(21,22)23)15-5-7-16(8-6-15)29(24,27)28/h4-10H,2,11H2,1,3H3,(H2,24,27,28). The first-order chi connectivity index (χ1) is 13.3. The molecular weight excluding hydrogens is 410 g/mol. The van der Waals surface area contributed by atoms with Crippen LogP contribution in [0.1, 0.15) is 16.7 Å². The first-order valence-electron chi connectivity index (χ1n) is 8.23. The lowest BCUT2D eigenvalue weighted by molar-refractivity contribution is -0.0919. The number of halogens is 4. The molecule has 5 nitrogen and oxygen atoms in total. The Labute approximate surface area is 166 Å². The van der Waals surface area contributed by atoms with E-state index in [0.29, 0.717) is 11.1 Å². The summed E-state index contributed by atoms with van der Waals surface area (Å²) in [6.07, 6.45) is -4.74. The highest BCUT2D eigenvalue weighted by atomic mass is 32.2. The predicted molar refractivity (Wildman–Crippen MR) is 102 cm³/mol. The van der Waals surface area contributed by atoms with Crippen LogP contribution in [-0.4, -0.2) is 32.4 Å². The van der Waals surface area contributed by atoms with E-state index in [2.05, 4.69) is 11.6 Å². The van der Waals surface area contributed by atoms with Gasteiger partial charge in [0, 0.05) is 19.2 Å². The van der Waals surface area contributed by atoms with Gasteiger partial charge in [-0.2, -0.15) is 13.2 Å². The zero-order valence-corrected chi connectivity index (χ0v) is 16.5. The zero-order chi connectivity index (χ0) is 22.0. The van der Waals surface area contributed by atoms with Gasteiger partial charge in [-0.15, -0.1) is 0 Å². The smallest absolute Gasteiger partial charge is 0.355 e. The lowest BCUT2D eigenvalue weighted by atomic mass is 10.1. The molecule has 2 aromatic carbocycles. The Balaban J connectivity index is 2.45. The highest BCUT2D eigenvalue weighted by molar-refractivity contribution is 7.89. The number of aliphatic imine (C=N–C) groups is 1. The summed E-state index contributed by atoms with van der Waals surface area (Å²) in [5, 5.41) is 5.05. The molecule has 2 aromatic rings. The summed E-state index contributed by atoms with van der Waals surface area (Å²) in [5.74, 6) is -0.482. The molecule has 29 heavy (non-hydrogen) atoms. The maximum Gasteiger partial charge on any atom is 0.432 e. The molecule has 0 aliphatic carbocycles. The Hall–Kier alpha value is -2.72. The molecule has 0 atom stereocenters. The second-order valence-corrected chi connectivity index (χ2v) is 7.95. The monoisotopic (exact) mass is 429 g/mol. The van der Waals surface area contributed by atoms with Crippen molar-refractivity contribution < 1.29 is 26.0 Å². The number of allylic oxidation sites excluding steroid dienone is 1. The molecule has 0 amide bonds. The third-order valence-corrected chi connectivity index (χ3v) is 4.94. The highest BCUT2D eigenvalue weighted by Crippen LogP contribution is 2.26. The van der Waals surface area contributed by atoms with Crippen molar-refractivity contribution in [2.75, 3.05) is 7.05 Å². The summed E-state index contributed by atoms with van der Waals surface area (Å²) in [7, 11) is -2.45. The number of alkyl halides is 3. The fraction of sp³-hybridized carbons (Fsp3) is 0.211. The van der Waals surface area contributed by atoms with E-state index in [4.69, 9.17) is 5.14 Å².